The molecule has 0 aliphatic rings. The van der Waals surface area contributed by atoms with Crippen LogP contribution in [0.4, 0.5) is 18.4 Å². The lowest BCUT2D eigenvalue weighted by Crippen LogP contribution is -2.34. The van der Waals surface area contributed by atoms with Gasteiger partial charge < -0.3 is 38.6 Å². The Morgan fingerprint density at radius 1 is 0.818 bits per heavy atom. The van der Waals surface area contributed by atoms with E-state index in [9.17, 15) is 18.4 Å². The topological polar surface area (TPSA) is 147 Å². The number of ether oxygens (including phenoxy) is 4. The first-order valence-electron chi connectivity index (χ1n) is 13.5. The van der Waals surface area contributed by atoms with Gasteiger partial charge in [-0.2, -0.15) is 0 Å². The molecule has 0 unspecified atom stereocenters. The molecule has 0 aliphatic heterocycles. The number of amides is 2. The average Bonchev–Trinajstić information content (AvgIpc) is 3.51. The SMILES string of the molecule is CC(C)(C)OC(=O)NCCOc1noc2ccc(F)cc12.CSc1c(F)ccc2onc(OCCNC(=O)OC(C)(C)C)c12. The van der Waals surface area contributed by atoms with Gasteiger partial charge in [0.15, 0.2) is 11.2 Å². The van der Waals surface area contributed by atoms with Crippen LogP contribution in [-0.2, 0) is 9.47 Å². The number of alkyl carbamates (subject to hydrolysis) is 2. The van der Waals surface area contributed by atoms with E-state index in [2.05, 4.69) is 20.9 Å². The first-order chi connectivity index (χ1) is 20.7. The summed E-state index contributed by atoms with van der Waals surface area (Å²) in [5.41, 5.74) is -0.222. The molecule has 0 fully saturated rings. The minimum Gasteiger partial charge on any atom is -0.473 e. The molecule has 4 aromatic rings. The highest BCUT2D eigenvalue weighted by Gasteiger charge is 2.19. The maximum Gasteiger partial charge on any atom is 0.407 e. The van der Waals surface area contributed by atoms with Gasteiger partial charge in [-0.05, 0) is 88.4 Å². The summed E-state index contributed by atoms with van der Waals surface area (Å²) in [6.07, 6.45) is 0.711. The third-order valence-electron chi connectivity index (χ3n) is 5.13. The molecule has 0 radical (unpaired) electrons. The number of hydrogen-bond donors (Lipinski definition) is 2. The van der Waals surface area contributed by atoms with Gasteiger partial charge in [0.1, 0.15) is 41.4 Å². The molecule has 240 valence electrons. The first kappa shape index (κ1) is 34.2. The van der Waals surface area contributed by atoms with Gasteiger partial charge in [0.05, 0.1) is 23.4 Å². The Morgan fingerprint density at radius 2 is 1.34 bits per heavy atom. The average molecular weight is 639 g/mol. The van der Waals surface area contributed by atoms with Crippen molar-refractivity contribution in [1.29, 1.82) is 0 Å². The lowest BCUT2D eigenvalue weighted by Gasteiger charge is -2.19. The molecule has 2 aromatic heterocycles. The van der Waals surface area contributed by atoms with E-state index in [-0.39, 0.29) is 43.9 Å². The Bertz CT molecular complexity index is 1560. The highest BCUT2D eigenvalue weighted by molar-refractivity contribution is 7.98. The normalized spacial score (nSPS) is 11.5. The van der Waals surface area contributed by atoms with Gasteiger partial charge >= 0.3 is 12.2 Å². The number of fused-ring (bicyclic) bond motifs is 2. The Balaban J connectivity index is 0.000000241. The number of benzene rings is 2. The van der Waals surface area contributed by atoms with Crippen LogP contribution in [-0.4, -0.2) is 66.3 Å². The summed E-state index contributed by atoms with van der Waals surface area (Å²) in [6.45, 7) is 11.5. The molecule has 15 heteroatoms. The van der Waals surface area contributed by atoms with E-state index in [1.807, 2.05) is 0 Å². The van der Waals surface area contributed by atoms with Gasteiger partial charge in [-0.1, -0.05) is 0 Å². The number of nitrogens with zero attached hydrogens (tertiary/aromatic N) is 2. The van der Waals surface area contributed by atoms with E-state index in [0.29, 0.717) is 26.8 Å². The van der Waals surface area contributed by atoms with Crippen LogP contribution in [0.5, 0.6) is 11.8 Å². The van der Waals surface area contributed by atoms with Gasteiger partial charge in [0.2, 0.25) is 0 Å². The summed E-state index contributed by atoms with van der Waals surface area (Å²) < 4.78 is 58.1. The molecule has 2 heterocycles. The van der Waals surface area contributed by atoms with E-state index in [0.717, 1.165) is 0 Å². The van der Waals surface area contributed by atoms with Gasteiger partial charge in [-0.25, -0.2) is 18.4 Å². The van der Waals surface area contributed by atoms with Crippen molar-refractivity contribution in [2.24, 2.45) is 0 Å². The molecule has 0 spiro atoms. The van der Waals surface area contributed by atoms with Crippen molar-refractivity contribution in [1.82, 2.24) is 20.9 Å². The van der Waals surface area contributed by atoms with Crippen molar-refractivity contribution >= 4 is 45.9 Å². The van der Waals surface area contributed by atoms with Gasteiger partial charge in [-0.15, -0.1) is 11.8 Å². The molecule has 44 heavy (non-hydrogen) atoms. The Kier molecular flexibility index (Phi) is 11.6. The molecule has 4 rings (SSSR count). The van der Waals surface area contributed by atoms with E-state index in [4.69, 9.17) is 28.0 Å². The fourth-order valence-electron chi connectivity index (χ4n) is 3.47. The van der Waals surface area contributed by atoms with Crippen LogP contribution in [0.15, 0.2) is 44.3 Å². The van der Waals surface area contributed by atoms with Gasteiger partial charge in [0.25, 0.3) is 11.8 Å². The van der Waals surface area contributed by atoms with E-state index in [1.165, 1.54) is 42.1 Å². The van der Waals surface area contributed by atoms with Crippen molar-refractivity contribution < 1.29 is 46.4 Å². The number of thioether (sulfide) groups is 1. The quantitative estimate of drug-likeness (QED) is 0.154. The number of nitrogens with one attached hydrogen (secondary N) is 2. The fraction of sp³-hybridized carbons (Fsp3) is 0.448. The Labute approximate surface area is 257 Å². The van der Waals surface area contributed by atoms with Crippen LogP contribution >= 0.6 is 11.8 Å². The van der Waals surface area contributed by atoms with E-state index in [1.54, 1.807) is 47.8 Å². The molecule has 0 saturated heterocycles. The third kappa shape index (κ3) is 10.5. The maximum atomic E-state index is 13.8. The molecule has 2 aromatic carbocycles. The number of hydrogen-bond acceptors (Lipinski definition) is 11. The number of rotatable bonds is 9. The molecule has 0 saturated carbocycles. The number of aromatic nitrogens is 2. The summed E-state index contributed by atoms with van der Waals surface area (Å²) in [4.78, 5) is 23.3. The number of carbonyl (C=O) groups is 2. The van der Waals surface area contributed by atoms with Crippen molar-refractivity contribution in [3.63, 3.8) is 0 Å². The Hall–Kier alpha value is -4.27. The van der Waals surface area contributed by atoms with E-state index >= 15 is 0 Å². The third-order valence-corrected chi connectivity index (χ3v) is 5.94. The van der Waals surface area contributed by atoms with Crippen molar-refractivity contribution in [2.75, 3.05) is 32.6 Å². The predicted molar refractivity (Wildman–Crippen MR) is 159 cm³/mol. The summed E-state index contributed by atoms with van der Waals surface area (Å²) in [6, 6.07) is 6.86. The highest BCUT2D eigenvalue weighted by atomic mass is 32.2. The molecule has 2 N–H and O–H groups in total. The smallest absolute Gasteiger partial charge is 0.407 e. The molecular weight excluding hydrogens is 602 g/mol. The van der Waals surface area contributed by atoms with Crippen LogP contribution in [0, 0.1) is 11.6 Å². The van der Waals surface area contributed by atoms with Crippen molar-refractivity contribution in [2.45, 2.75) is 57.6 Å². The van der Waals surface area contributed by atoms with Crippen molar-refractivity contribution in [3.8, 4) is 11.8 Å². The summed E-state index contributed by atoms with van der Waals surface area (Å²) in [5, 5.41) is 13.6. The molecule has 0 atom stereocenters. The molecule has 0 bridgehead atoms. The van der Waals surface area contributed by atoms with Crippen molar-refractivity contribution in [3.05, 3.63) is 42.0 Å². The predicted octanol–water partition coefficient (Wildman–Crippen LogP) is 6.46. The van der Waals surface area contributed by atoms with Crippen LogP contribution in [0.2, 0.25) is 0 Å². The minimum atomic E-state index is -0.558. The Morgan fingerprint density at radius 3 is 1.91 bits per heavy atom. The number of carbonyl (C=O) groups excluding carboxylic acids is 2. The fourth-order valence-corrected chi connectivity index (χ4v) is 4.13. The van der Waals surface area contributed by atoms with E-state index < -0.39 is 29.2 Å². The summed E-state index contributed by atoms with van der Waals surface area (Å²) >= 11 is 1.25. The molecule has 12 nitrogen and oxygen atoms in total. The number of halogens is 2. The van der Waals surface area contributed by atoms with Crippen LogP contribution in [0.3, 0.4) is 0 Å². The lowest BCUT2D eigenvalue weighted by molar-refractivity contribution is 0.0508. The summed E-state index contributed by atoms with van der Waals surface area (Å²) in [7, 11) is 0. The zero-order valence-corrected chi connectivity index (χ0v) is 26.4. The van der Waals surface area contributed by atoms with Crippen LogP contribution < -0.4 is 20.1 Å². The molecular formula is C29H36F2N4O8S. The highest BCUT2D eigenvalue weighted by Crippen LogP contribution is 2.35. The summed E-state index contributed by atoms with van der Waals surface area (Å²) in [5.74, 6) is -0.363. The zero-order chi connectivity index (χ0) is 32.5. The zero-order valence-electron chi connectivity index (χ0n) is 25.5. The van der Waals surface area contributed by atoms with Crippen LogP contribution in [0.1, 0.15) is 41.5 Å². The second-order valence-corrected chi connectivity index (χ2v) is 11.9. The van der Waals surface area contributed by atoms with Crippen LogP contribution in [0.25, 0.3) is 21.9 Å². The van der Waals surface area contributed by atoms with Gasteiger partial charge in [-0.3, -0.25) is 0 Å². The monoisotopic (exact) mass is 638 g/mol. The second kappa shape index (κ2) is 14.9. The lowest BCUT2D eigenvalue weighted by atomic mass is 10.2. The second-order valence-electron chi connectivity index (χ2n) is 11.1. The standard InChI is InChI=1S/C15H19FN2O4S.C14H17FN2O4/c1-15(2,3)21-14(19)17-7-8-20-13-11-10(22-18-13)6-5-9(16)12(11)23-4;1-14(2,3)20-13(18)16-6-7-19-12-10-8-9(15)4-5-11(10)21-17-12/h5-6H,7-8H2,1-4H3,(H,17,19);4-5,8H,6-7H2,1-3H3,(H,16,18). The van der Waals surface area contributed by atoms with Gasteiger partial charge in [0, 0.05) is 0 Å². The maximum absolute atomic E-state index is 13.8. The largest absolute Gasteiger partial charge is 0.473 e. The molecule has 0 aliphatic carbocycles. The first-order valence-corrected chi connectivity index (χ1v) is 14.8. The minimum absolute atomic E-state index is 0.158. The molecule has 2 amide bonds.